The zero-order valence-electron chi connectivity index (χ0n) is 31.9. The van der Waals surface area contributed by atoms with Crippen molar-refractivity contribution in [2.75, 3.05) is 0 Å². The summed E-state index contributed by atoms with van der Waals surface area (Å²) in [7, 11) is 0. The third-order valence-corrected chi connectivity index (χ3v) is 17.4. The summed E-state index contributed by atoms with van der Waals surface area (Å²) in [5.41, 5.74) is 9.80. The molecule has 5 heteroatoms. The highest BCUT2D eigenvalue weighted by Gasteiger charge is 2.71. The van der Waals surface area contributed by atoms with E-state index in [0.717, 1.165) is 31.2 Å². The van der Waals surface area contributed by atoms with E-state index < -0.39 is 5.41 Å². The van der Waals surface area contributed by atoms with Crippen LogP contribution in [0.1, 0.15) is 132 Å². The number of allylic oxidation sites excluding steroid dienone is 1. The second-order valence-corrected chi connectivity index (χ2v) is 20.0. The quantitative estimate of drug-likeness (QED) is 0.241. The molecule has 2 N–H and O–H groups in total. The van der Waals surface area contributed by atoms with Gasteiger partial charge in [-0.05, 0) is 134 Å². The van der Waals surface area contributed by atoms with E-state index in [2.05, 4.69) is 48.1 Å². The molecule has 6 saturated carbocycles. The first-order valence-electron chi connectivity index (χ1n) is 19.8. The average Bonchev–Trinajstić information content (AvgIpc) is 3.39. The van der Waals surface area contributed by atoms with Crippen LogP contribution in [0, 0.1) is 68.5 Å². The van der Waals surface area contributed by atoms with Gasteiger partial charge in [0.1, 0.15) is 12.7 Å². The lowest BCUT2D eigenvalue weighted by atomic mass is 9.32. The summed E-state index contributed by atoms with van der Waals surface area (Å²) in [6.07, 6.45) is 12.2. The molecule has 49 heavy (non-hydrogen) atoms. The second-order valence-electron chi connectivity index (χ2n) is 20.0. The standard InChI is InChI=1S/C44H65NO4/c1-27(2)29-17-22-44(45)24-23-42(8)30(36(29)44)15-16-34-41(7)20-19-35(40(5,6)33(41)18-21-43(34,42)9)49-38(47)32-25-31(39(32,3)4)37(46)48-26-28-13-11-10-12-14-28/h10-14,29-36H,1,15-26,45H2,2-9H3/t29-,30+,31-,32+,33-,34+,35-,36+,41-,42+,43+,44-/m0/s1. The van der Waals surface area contributed by atoms with Crippen LogP contribution in [0.4, 0.5) is 0 Å². The maximum absolute atomic E-state index is 13.9. The Morgan fingerprint density at radius 3 is 2.14 bits per heavy atom. The maximum atomic E-state index is 13.9. The molecule has 1 aromatic rings. The van der Waals surface area contributed by atoms with E-state index >= 15 is 0 Å². The van der Waals surface area contributed by atoms with E-state index in [-0.39, 0.29) is 63.7 Å². The minimum Gasteiger partial charge on any atom is -0.462 e. The van der Waals surface area contributed by atoms with Crippen molar-refractivity contribution < 1.29 is 19.1 Å². The zero-order chi connectivity index (χ0) is 35.4. The molecule has 0 aromatic heterocycles. The minimum absolute atomic E-state index is 0.0144. The van der Waals surface area contributed by atoms with Gasteiger partial charge < -0.3 is 15.2 Å². The molecule has 6 aliphatic rings. The number of carbonyl (C=O) groups excluding carboxylic acids is 2. The van der Waals surface area contributed by atoms with Gasteiger partial charge in [-0.15, -0.1) is 0 Å². The zero-order valence-corrected chi connectivity index (χ0v) is 31.9. The van der Waals surface area contributed by atoms with Gasteiger partial charge in [0.2, 0.25) is 0 Å². The molecule has 6 aliphatic carbocycles. The van der Waals surface area contributed by atoms with Crippen LogP contribution in [0.5, 0.6) is 0 Å². The number of rotatable bonds is 6. The lowest BCUT2D eigenvalue weighted by molar-refractivity contribution is -0.247. The van der Waals surface area contributed by atoms with Crippen LogP contribution < -0.4 is 5.73 Å². The van der Waals surface area contributed by atoms with E-state index in [9.17, 15) is 9.59 Å². The van der Waals surface area contributed by atoms with Crippen molar-refractivity contribution >= 4 is 11.9 Å². The summed E-state index contributed by atoms with van der Waals surface area (Å²) in [5.74, 6) is 2.08. The predicted octanol–water partition coefficient (Wildman–Crippen LogP) is 9.67. The van der Waals surface area contributed by atoms with Crippen molar-refractivity contribution in [2.24, 2.45) is 74.2 Å². The molecule has 270 valence electrons. The molecular formula is C44H65NO4. The fourth-order valence-electron chi connectivity index (χ4n) is 14.2. The smallest absolute Gasteiger partial charge is 0.309 e. The molecule has 0 unspecified atom stereocenters. The minimum atomic E-state index is -0.484. The van der Waals surface area contributed by atoms with Gasteiger partial charge in [0.05, 0.1) is 11.8 Å². The second kappa shape index (κ2) is 11.7. The van der Waals surface area contributed by atoms with Crippen molar-refractivity contribution in [2.45, 2.75) is 144 Å². The fourth-order valence-corrected chi connectivity index (χ4v) is 14.2. The number of hydrogen-bond donors (Lipinski definition) is 1. The Hall–Kier alpha value is -2.14. The number of fused-ring (bicyclic) bond motifs is 7. The first kappa shape index (κ1) is 35.3. The van der Waals surface area contributed by atoms with Gasteiger partial charge in [-0.3, -0.25) is 9.59 Å². The third-order valence-electron chi connectivity index (χ3n) is 17.4. The Morgan fingerprint density at radius 2 is 1.47 bits per heavy atom. The first-order chi connectivity index (χ1) is 22.9. The van der Waals surface area contributed by atoms with E-state index in [0.29, 0.717) is 36.0 Å². The van der Waals surface area contributed by atoms with E-state index in [1.807, 2.05) is 44.2 Å². The predicted molar refractivity (Wildman–Crippen MR) is 195 cm³/mol. The summed E-state index contributed by atoms with van der Waals surface area (Å²) >= 11 is 0. The van der Waals surface area contributed by atoms with Gasteiger partial charge in [-0.25, -0.2) is 0 Å². The highest BCUT2D eigenvalue weighted by Crippen LogP contribution is 2.76. The van der Waals surface area contributed by atoms with Crippen LogP contribution in [-0.2, 0) is 25.7 Å². The Labute approximate surface area is 296 Å². The van der Waals surface area contributed by atoms with Crippen molar-refractivity contribution in [3.05, 3.63) is 48.0 Å². The van der Waals surface area contributed by atoms with Gasteiger partial charge in [0.15, 0.2) is 0 Å². The number of ether oxygens (including phenoxy) is 2. The lowest BCUT2D eigenvalue weighted by Gasteiger charge is -2.72. The summed E-state index contributed by atoms with van der Waals surface area (Å²) in [6, 6.07) is 9.78. The van der Waals surface area contributed by atoms with Gasteiger partial charge >= 0.3 is 11.9 Å². The Balaban J connectivity index is 1.04. The van der Waals surface area contributed by atoms with Crippen molar-refractivity contribution in [1.29, 1.82) is 0 Å². The topological polar surface area (TPSA) is 78.6 Å². The molecule has 0 aliphatic heterocycles. The van der Waals surface area contributed by atoms with E-state index in [1.54, 1.807) is 0 Å². The van der Waals surface area contributed by atoms with E-state index in [4.69, 9.17) is 15.2 Å². The molecule has 0 bridgehead atoms. The summed E-state index contributed by atoms with van der Waals surface area (Å²) in [4.78, 5) is 26.9. The molecule has 0 heterocycles. The first-order valence-corrected chi connectivity index (χ1v) is 19.8. The summed E-state index contributed by atoms with van der Waals surface area (Å²) in [5, 5.41) is 0. The lowest BCUT2D eigenvalue weighted by Crippen LogP contribution is -2.68. The SMILES string of the molecule is C=C(C)[C@@H]1CC[C@]2(N)CC[C@]3(C)[C@H](CC[C@@H]4[C@@]5(C)CC[C@H](OC(=O)[C@H]6C[C@@H](C(=O)OCc7ccccc7)C6(C)C)C(C)(C)[C@@H]5CC[C@]43C)[C@@H]12. The monoisotopic (exact) mass is 671 g/mol. The summed E-state index contributed by atoms with van der Waals surface area (Å²) < 4.78 is 12.2. The van der Waals surface area contributed by atoms with Crippen LogP contribution in [-0.4, -0.2) is 23.6 Å². The van der Waals surface area contributed by atoms with Crippen LogP contribution >= 0.6 is 0 Å². The Kier molecular flexibility index (Phi) is 8.41. The van der Waals surface area contributed by atoms with Gasteiger partial charge in [0, 0.05) is 11.0 Å². The Bertz CT molecular complexity index is 1480. The normalized spacial score (nSPS) is 46.1. The molecular weight excluding hydrogens is 606 g/mol. The number of carbonyl (C=O) groups is 2. The Morgan fingerprint density at radius 1 is 0.776 bits per heavy atom. The molecule has 5 nitrogen and oxygen atoms in total. The fraction of sp³-hybridized carbons (Fsp3) is 0.773. The largest absolute Gasteiger partial charge is 0.462 e. The molecule has 0 radical (unpaired) electrons. The van der Waals surface area contributed by atoms with Crippen molar-refractivity contribution in [1.82, 2.24) is 0 Å². The highest BCUT2D eigenvalue weighted by atomic mass is 16.5. The van der Waals surface area contributed by atoms with Crippen molar-refractivity contribution in [3.8, 4) is 0 Å². The van der Waals surface area contributed by atoms with Gasteiger partial charge in [0.25, 0.3) is 0 Å². The molecule has 6 fully saturated rings. The van der Waals surface area contributed by atoms with Crippen molar-refractivity contribution in [3.63, 3.8) is 0 Å². The average molecular weight is 672 g/mol. The van der Waals surface area contributed by atoms with Crippen LogP contribution in [0.25, 0.3) is 0 Å². The molecule has 0 spiro atoms. The van der Waals surface area contributed by atoms with Gasteiger partial charge in [-0.2, -0.15) is 0 Å². The van der Waals surface area contributed by atoms with Gasteiger partial charge in [-0.1, -0.05) is 91.0 Å². The number of esters is 2. The van der Waals surface area contributed by atoms with E-state index in [1.165, 1.54) is 44.1 Å². The number of nitrogens with two attached hydrogens (primary N) is 1. The number of hydrogen-bond acceptors (Lipinski definition) is 5. The molecule has 7 rings (SSSR count). The molecule has 1 aromatic carbocycles. The number of benzene rings is 1. The molecule has 0 saturated heterocycles. The van der Waals surface area contributed by atoms with Crippen LogP contribution in [0.3, 0.4) is 0 Å². The maximum Gasteiger partial charge on any atom is 0.309 e. The third kappa shape index (κ3) is 5.07. The molecule has 12 atom stereocenters. The highest BCUT2D eigenvalue weighted by molar-refractivity contribution is 5.82. The molecule has 0 amide bonds. The van der Waals surface area contributed by atoms with Crippen LogP contribution in [0.15, 0.2) is 42.5 Å². The van der Waals surface area contributed by atoms with Crippen LogP contribution in [0.2, 0.25) is 0 Å². The summed E-state index contributed by atoms with van der Waals surface area (Å²) in [6.45, 7) is 23.8.